The highest BCUT2D eigenvalue weighted by Crippen LogP contribution is 2.20. The zero-order valence-electron chi connectivity index (χ0n) is 15.5. The fraction of sp³-hybridized carbons (Fsp3) is 0. The first-order chi connectivity index (χ1) is 14.3. The Labute approximate surface area is 171 Å². The minimum Gasteiger partial charge on any atom is -0.398 e. The van der Waals surface area contributed by atoms with Crippen LogP contribution in [0.25, 0.3) is 0 Å². The second-order valence-electron chi connectivity index (χ2n) is 6.13. The molecule has 0 aliphatic carbocycles. The van der Waals surface area contributed by atoms with Crippen molar-refractivity contribution in [1.29, 1.82) is 0 Å². The van der Waals surface area contributed by atoms with Crippen molar-refractivity contribution in [3.63, 3.8) is 0 Å². The predicted octanol–water partition coefficient (Wildman–Crippen LogP) is 3.47. The van der Waals surface area contributed by atoms with Crippen LogP contribution in [0, 0.1) is 43.9 Å². The van der Waals surface area contributed by atoms with Gasteiger partial charge >= 0.3 is 0 Å². The quantitative estimate of drug-likeness (QED) is 0.293. The molecule has 0 unspecified atom stereocenters. The molecule has 0 bridgehead atoms. The molecule has 0 heterocycles. The largest absolute Gasteiger partial charge is 0.398 e. The molecule has 3 rings (SSSR count). The Morgan fingerprint density at radius 1 is 0.600 bits per heavy atom. The van der Waals surface area contributed by atoms with E-state index in [-0.39, 0.29) is 11.4 Å². The number of nitrogen functional groups attached to an aromatic ring is 2. The summed E-state index contributed by atoms with van der Waals surface area (Å²) in [5, 5.41) is 21.8. The number of nitrogens with two attached hydrogens (primary N) is 2. The Morgan fingerprint density at radius 3 is 1.30 bits per heavy atom. The summed E-state index contributed by atoms with van der Waals surface area (Å²) in [6.45, 7) is 0. The Hall–Kier alpha value is -4.82. The molecule has 3 aromatic rings. The smallest absolute Gasteiger partial charge is 0.270 e. The molecule has 0 saturated heterocycles. The third-order valence-corrected chi connectivity index (χ3v) is 4.06. The van der Waals surface area contributed by atoms with Crippen LogP contribution in [0.4, 0.5) is 22.7 Å². The first-order valence-electron chi connectivity index (χ1n) is 8.55. The SMILES string of the molecule is Nc1ccc([N+](=O)[O-])cc1C#Cc1ccc(C#Cc2cc([N+](=O)[O-])ccc2N)cc1. The van der Waals surface area contributed by atoms with Gasteiger partial charge < -0.3 is 11.5 Å². The van der Waals surface area contributed by atoms with Gasteiger partial charge in [-0.15, -0.1) is 0 Å². The van der Waals surface area contributed by atoms with Gasteiger partial charge in [0.05, 0.1) is 21.0 Å². The molecular weight excluding hydrogens is 384 g/mol. The summed E-state index contributed by atoms with van der Waals surface area (Å²) in [4.78, 5) is 20.7. The maximum absolute atomic E-state index is 10.9. The highest BCUT2D eigenvalue weighted by Gasteiger charge is 2.08. The summed E-state index contributed by atoms with van der Waals surface area (Å²) < 4.78 is 0. The fourth-order valence-electron chi connectivity index (χ4n) is 2.45. The molecule has 0 radical (unpaired) electrons. The van der Waals surface area contributed by atoms with Crippen molar-refractivity contribution in [1.82, 2.24) is 0 Å². The van der Waals surface area contributed by atoms with Crippen molar-refractivity contribution in [2.24, 2.45) is 0 Å². The molecule has 8 nitrogen and oxygen atoms in total. The average Bonchev–Trinajstić information content (AvgIpc) is 2.73. The monoisotopic (exact) mass is 398 g/mol. The van der Waals surface area contributed by atoms with E-state index < -0.39 is 9.85 Å². The molecule has 0 amide bonds. The lowest BCUT2D eigenvalue weighted by atomic mass is 10.1. The van der Waals surface area contributed by atoms with Crippen LogP contribution in [0.15, 0.2) is 60.7 Å². The van der Waals surface area contributed by atoms with E-state index in [4.69, 9.17) is 11.5 Å². The number of benzene rings is 3. The number of rotatable bonds is 2. The van der Waals surface area contributed by atoms with Crippen LogP contribution in [0.3, 0.4) is 0 Å². The van der Waals surface area contributed by atoms with E-state index >= 15 is 0 Å². The summed E-state index contributed by atoms with van der Waals surface area (Å²) in [5.41, 5.74) is 14.2. The molecular formula is C22H14N4O4. The van der Waals surface area contributed by atoms with Crippen molar-refractivity contribution in [2.75, 3.05) is 11.5 Å². The van der Waals surface area contributed by atoms with Crippen LogP contribution >= 0.6 is 0 Å². The van der Waals surface area contributed by atoms with Crippen LogP contribution in [0.5, 0.6) is 0 Å². The van der Waals surface area contributed by atoms with E-state index in [1.807, 2.05) is 0 Å². The van der Waals surface area contributed by atoms with Crippen molar-refractivity contribution >= 4 is 22.7 Å². The van der Waals surface area contributed by atoms with E-state index in [2.05, 4.69) is 23.7 Å². The molecule has 4 N–H and O–H groups in total. The lowest BCUT2D eigenvalue weighted by Crippen LogP contribution is -1.94. The fourth-order valence-corrected chi connectivity index (χ4v) is 2.45. The number of nitro benzene ring substituents is 2. The van der Waals surface area contributed by atoms with Crippen LogP contribution < -0.4 is 11.5 Å². The number of nitrogens with zero attached hydrogens (tertiary/aromatic N) is 2. The van der Waals surface area contributed by atoms with Gasteiger partial charge in [-0.1, -0.05) is 23.7 Å². The molecule has 0 atom stereocenters. The van der Waals surface area contributed by atoms with Gasteiger partial charge in [-0.3, -0.25) is 20.2 Å². The summed E-state index contributed by atoms with van der Waals surface area (Å²) in [6.07, 6.45) is 0. The number of non-ortho nitro benzene ring substituents is 2. The van der Waals surface area contributed by atoms with Crippen molar-refractivity contribution in [2.45, 2.75) is 0 Å². The Bertz CT molecular complexity index is 1180. The molecule has 0 fully saturated rings. The molecule has 0 spiro atoms. The van der Waals surface area contributed by atoms with Gasteiger partial charge in [0.25, 0.3) is 11.4 Å². The van der Waals surface area contributed by atoms with Gasteiger partial charge in [0, 0.05) is 46.8 Å². The van der Waals surface area contributed by atoms with E-state index in [1.165, 1.54) is 36.4 Å². The average molecular weight is 398 g/mol. The van der Waals surface area contributed by atoms with Crippen LogP contribution in [-0.2, 0) is 0 Å². The molecule has 0 aromatic heterocycles. The van der Waals surface area contributed by atoms with Gasteiger partial charge in [-0.05, 0) is 36.4 Å². The van der Waals surface area contributed by atoms with Gasteiger partial charge in [0.1, 0.15) is 0 Å². The van der Waals surface area contributed by atoms with E-state index in [1.54, 1.807) is 24.3 Å². The summed E-state index contributed by atoms with van der Waals surface area (Å²) >= 11 is 0. The number of hydrogen-bond donors (Lipinski definition) is 2. The number of hydrogen-bond acceptors (Lipinski definition) is 6. The summed E-state index contributed by atoms with van der Waals surface area (Å²) in [6, 6.07) is 15.1. The lowest BCUT2D eigenvalue weighted by Gasteiger charge is -1.98. The molecule has 30 heavy (non-hydrogen) atoms. The minimum absolute atomic E-state index is 0.0838. The Balaban J connectivity index is 1.82. The van der Waals surface area contributed by atoms with Crippen molar-refractivity contribution in [3.05, 3.63) is 103 Å². The van der Waals surface area contributed by atoms with Gasteiger partial charge in [-0.2, -0.15) is 0 Å². The highest BCUT2D eigenvalue weighted by atomic mass is 16.6. The van der Waals surface area contributed by atoms with E-state index in [0.717, 1.165) is 0 Å². The standard InChI is InChI=1S/C22H14N4O4/c23-21-11-9-19(25(27)28)13-17(21)7-5-15-1-2-16(4-3-15)6-8-18-14-20(26(29)30)10-12-22(18)24/h1-4,9-14H,23-24H2. The first kappa shape index (κ1) is 19.9. The highest BCUT2D eigenvalue weighted by molar-refractivity contribution is 5.62. The Morgan fingerprint density at radius 2 is 0.967 bits per heavy atom. The number of nitro groups is 2. The predicted molar refractivity (Wildman–Crippen MR) is 113 cm³/mol. The van der Waals surface area contributed by atoms with Crippen molar-refractivity contribution < 1.29 is 9.85 Å². The summed E-state index contributed by atoms with van der Waals surface area (Å²) in [7, 11) is 0. The normalized spacial score (nSPS) is 9.60. The van der Waals surface area contributed by atoms with Gasteiger partial charge in [0.2, 0.25) is 0 Å². The van der Waals surface area contributed by atoms with E-state index in [0.29, 0.717) is 33.6 Å². The number of anilines is 2. The molecule has 3 aromatic carbocycles. The third-order valence-electron chi connectivity index (χ3n) is 4.06. The lowest BCUT2D eigenvalue weighted by molar-refractivity contribution is -0.385. The first-order valence-corrected chi connectivity index (χ1v) is 8.55. The van der Waals surface area contributed by atoms with E-state index in [9.17, 15) is 20.2 Å². The zero-order valence-corrected chi connectivity index (χ0v) is 15.5. The maximum Gasteiger partial charge on any atom is 0.270 e. The minimum atomic E-state index is -0.508. The van der Waals surface area contributed by atoms with Crippen LogP contribution in [0.1, 0.15) is 22.3 Å². The van der Waals surface area contributed by atoms with Gasteiger partial charge in [-0.25, -0.2) is 0 Å². The zero-order chi connectivity index (χ0) is 21.7. The van der Waals surface area contributed by atoms with Gasteiger partial charge in [0.15, 0.2) is 0 Å². The second-order valence-corrected chi connectivity index (χ2v) is 6.13. The van der Waals surface area contributed by atoms with Crippen LogP contribution in [-0.4, -0.2) is 9.85 Å². The van der Waals surface area contributed by atoms with Crippen molar-refractivity contribution in [3.8, 4) is 23.7 Å². The molecule has 0 aliphatic rings. The molecule has 0 aliphatic heterocycles. The Kier molecular flexibility index (Phi) is 5.62. The summed E-state index contributed by atoms with van der Waals surface area (Å²) in [5.74, 6) is 11.5. The second kappa shape index (κ2) is 8.46. The topological polar surface area (TPSA) is 138 Å². The molecule has 0 saturated carbocycles. The van der Waals surface area contributed by atoms with Crippen LogP contribution in [0.2, 0.25) is 0 Å². The molecule has 146 valence electrons. The molecule has 8 heteroatoms. The third kappa shape index (κ3) is 4.71. The maximum atomic E-state index is 10.9.